The summed E-state index contributed by atoms with van der Waals surface area (Å²) in [5.41, 5.74) is 2.26. The first kappa shape index (κ1) is 19.7. The van der Waals surface area contributed by atoms with Gasteiger partial charge in [-0.2, -0.15) is 0 Å². The molecule has 27 heavy (non-hydrogen) atoms. The van der Waals surface area contributed by atoms with Gasteiger partial charge < -0.3 is 9.47 Å². The molecule has 0 aliphatic carbocycles. The summed E-state index contributed by atoms with van der Waals surface area (Å²) in [5, 5.41) is 2.69. The normalized spacial score (nSPS) is 12.3. The van der Waals surface area contributed by atoms with Crippen LogP contribution in [0.1, 0.15) is 41.7 Å². The maximum atomic E-state index is 13.1. The van der Waals surface area contributed by atoms with E-state index in [0.29, 0.717) is 12.5 Å². The molecule has 1 aromatic carbocycles. The lowest BCUT2D eigenvalue weighted by Gasteiger charge is -2.32. The summed E-state index contributed by atoms with van der Waals surface area (Å²) < 4.78 is 2.19. The first-order valence-electron chi connectivity index (χ1n) is 9.18. The topological polar surface area (TPSA) is 25.2 Å². The highest BCUT2D eigenvalue weighted by Gasteiger charge is 2.25. The van der Waals surface area contributed by atoms with Gasteiger partial charge in [0.25, 0.3) is 5.91 Å². The van der Waals surface area contributed by atoms with Gasteiger partial charge in [-0.05, 0) is 54.1 Å². The lowest BCUT2D eigenvalue weighted by atomic mass is 10.0. The Balaban J connectivity index is 1.84. The van der Waals surface area contributed by atoms with Crippen molar-refractivity contribution in [3.05, 3.63) is 81.3 Å². The van der Waals surface area contributed by atoms with Gasteiger partial charge in [0.2, 0.25) is 0 Å². The van der Waals surface area contributed by atoms with Gasteiger partial charge in [-0.25, -0.2) is 0 Å². The number of carbonyl (C=O) groups excluding carboxylic acids is 1. The number of thiophene rings is 1. The van der Waals surface area contributed by atoms with E-state index in [0.717, 1.165) is 27.7 Å². The lowest BCUT2D eigenvalue weighted by molar-refractivity contribution is 0.0628. The fourth-order valence-electron chi connectivity index (χ4n) is 3.06. The highest BCUT2D eigenvalue weighted by atomic mass is 35.5. The summed E-state index contributed by atoms with van der Waals surface area (Å²) in [6.07, 6.45) is 2.06. The van der Waals surface area contributed by atoms with Crippen molar-refractivity contribution < 1.29 is 4.79 Å². The summed E-state index contributed by atoms with van der Waals surface area (Å²) in [6.45, 7) is 7.76. The quantitative estimate of drug-likeness (QED) is 0.481. The molecule has 3 aromatic rings. The zero-order valence-corrected chi connectivity index (χ0v) is 17.5. The molecule has 1 amide bonds. The number of nitrogens with zero attached hydrogens (tertiary/aromatic N) is 2. The highest BCUT2D eigenvalue weighted by Crippen LogP contribution is 2.21. The van der Waals surface area contributed by atoms with Crippen LogP contribution >= 0.6 is 22.9 Å². The minimum Gasteiger partial charge on any atom is -0.345 e. The maximum Gasteiger partial charge on any atom is 0.264 e. The number of aromatic nitrogens is 1. The zero-order valence-electron chi connectivity index (χ0n) is 15.9. The average molecular weight is 401 g/mol. The molecule has 5 heteroatoms. The summed E-state index contributed by atoms with van der Waals surface area (Å²) in [6, 6.07) is 16.0. The number of carbonyl (C=O) groups is 1. The fourth-order valence-corrected chi connectivity index (χ4v) is 3.95. The predicted octanol–water partition coefficient (Wildman–Crippen LogP) is 5.94. The Labute approximate surface area is 170 Å². The van der Waals surface area contributed by atoms with Gasteiger partial charge in [-0.1, -0.05) is 43.6 Å². The van der Waals surface area contributed by atoms with Crippen LogP contribution in [0.5, 0.6) is 0 Å². The van der Waals surface area contributed by atoms with Crippen LogP contribution in [-0.2, 0) is 13.1 Å². The van der Waals surface area contributed by atoms with Crippen LogP contribution in [0.3, 0.4) is 0 Å². The Bertz CT molecular complexity index is 885. The van der Waals surface area contributed by atoms with Gasteiger partial charge in [0.1, 0.15) is 0 Å². The molecule has 0 saturated heterocycles. The van der Waals surface area contributed by atoms with Gasteiger partial charge in [-0.3, -0.25) is 4.79 Å². The molecule has 0 spiro atoms. The molecule has 0 radical (unpaired) electrons. The van der Waals surface area contributed by atoms with Crippen LogP contribution in [0.4, 0.5) is 0 Å². The number of hydrogen-bond acceptors (Lipinski definition) is 2. The van der Waals surface area contributed by atoms with Crippen LogP contribution in [0, 0.1) is 5.92 Å². The second kappa shape index (κ2) is 8.77. The van der Waals surface area contributed by atoms with Crippen molar-refractivity contribution >= 4 is 28.8 Å². The van der Waals surface area contributed by atoms with Crippen molar-refractivity contribution in [3.8, 4) is 0 Å². The molecule has 1 atom stereocenters. The molecule has 3 nitrogen and oxygen atoms in total. The van der Waals surface area contributed by atoms with Crippen LogP contribution in [0.15, 0.2) is 60.1 Å². The van der Waals surface area contributed by atoms with E-state index >= 15 is 0 Å². The standard InChI is InChI=1S/C22H25ClN2OS/c1-16(2)17(3)25(22(26)21-10-6-12-27-21)15-20-9-5-11-24(20)14-18-7-4-8-19(23)13-18/h4-13,16-17H,14-15H2,1-3H3. The van der Waals surface area contributed by atoms with Gasteiger partial charge in [0.05, 0.1) is 11.4 Å². The number of amides is 1. The molecule has 0 saturated carbocycles. The van der Waals surface area contributed by atoms with E-state index in [1.165, 1.54) is 11.3 Å². The minimum absolute atomic E-state index is 0.0988. The second-order valence-electron chi connectivity index (χ2n) is 7.15. The first-order chi connectivity index (χ1) is 13.0. The summed E-state index contributed by atoms with van der Waals surface area (Å²) in [4.78, 5) is 15.9. The molecule has 0 aliphatic rings. The average Bonchev–Trinajstić information content (AvgIpc) is 3.31. The monoisotopic (exact) mass is 400 g/mol. The van der Waals surface area contributed by atoms with Crippen molar-refractivity contribution in [2.45, 2.75) is 39.9 Å². The van der Waals surface area contributed by atoms with Crippen molar-refractivity contribution in [2.24, 2.45) is 5.92 Å². The number of benzene rings is 1. The van der Waals surface area contributed by atoms with Crippen LogP contribution < -0.4 is 0 Å². The van der Waals surface area contributed by atoms with E-state index in [1.54, 1.807) is 0 Å². The predicted molar refractivity (Wildman–Crippen MR) is 113 cm³/mol. The largest absolute Gasteiger partial charge is 0.345 e. The minimum atomic E-state index is 0.0988. The van der Waals surface area contributed by atoms with E-state index < -0.39 is 0 Å². The van der Waals surface area contributed by atoms with Crippen LogP contribution in [-0.4, -0.2) is 21.4 Å². The summed E-state index contributed by atoms with van der Waals surface area (Å²) in [5.74, 6) is 0.479. The molecular formula is C22H25ClN2OS. The molecule has 0 fully saturated rings. The van der Waals surface area contributed by atoms with E-state index in [2.05, 4.69) is 43.7 Å². The van der Waals surface area contributed by atoms with Gasteiger partial charge in [0.15, 0.2) is 0 Å². The second-order valence-corrected chi connectivity index (χ2v) is 8.54. The zero-order chi connectivity index (χ0) is 19.4. The summed E-state index contributed by atoms with van der Waals surface area (Å²) in [7, 11) is 0. The first-order valence-corrected chi connectivity index (χ1v) is 10.4. The van der Waals surface area contributed by atoms with Crippen LogP contribution in [0.2, 0.25) is 5.02 Å². The molecule has 2 aromatic heterocycles. The third-order valence-corrected chi connectivity index (χ3v) is 6.04. The van der Waals surface area contributed by atoms with Crippen molar-refractivity contribution in [1.82, 2.24) is 9.47 Å². The Hall–Kier alpha value is -2.04. The summed E-state index contributed by atoms with van der Waals surface area (Å²) >= 11 is 7.62. The van der Waals surface area contributed by atoms with Gasteiger partial charge in [-0.15, -0.1) is 11.3 Å². The Kier molecular flexibility index (Phi) is 6.40. The third kappa shape index (κ3) is 4.82. The van der Waals surface area contributed by atoms with Gasteiger partial charge in [0, 0.05) is 29.5 Å². The number of halogens is 1. The SMILES string of the molecule is CC(C)C(C)N(Cc1cccn1Cc1cccc(Cl)c1)C(=O)c1cccs1. The van der Waals surface area contributed by atoms with Gasteiger partial charge >= 0.3 is 0 Å². The van der Waals surface area contributed by atoms with E-state index in [4.69, 9.17) is 11.6 Å². The Morgan fingerprint density at radius 1 is 1.15 bits per heavy atom. The molecular weight excluding hydrogens is 376 g/mol. The van der Waals surface area contributed by atoms with E-state index in [1.807, 2.05) is 46.7 Å². The molecule has 3 rings (SSSR count). The molecule has 0 N–H and O–H groups in total. The van der Waals surface area contributed by atoms with E-state index in [-0.39, 0.29) is 11.9 Å². The maximum absolute atomic E-state index is 13.1. The highest BCUT2D eigenvalue weighted by molar-refractivity contribution is 7.12. The Morgan fingerprint density at radius 2 is 1.96 bits per heavy atom. The van der Waals surface area contributed by atoms with Crippen molar-refractivity contribution in [1.29, 1.82) is 0 Å². The molecule has 0 bridgehead atoms. The smallest absolute Gasteiger partial charge is 0.264 e. The third-order valence-electron chi connectivity index (χ3n) is 4.95. The fraction of sp³-hybridized carbons (Fsp3) is 0.318. The van der Waals surface area contributed by atoms with Crippen LogP contribution in [0.25, 0.3) is 0 Å². The molecule has 142 valence electrons. The Morgan fingerprint density at radius 3 is 2.63 bits per heavy atom. The molecule has 0 aliphatic heterocycles. The number of hydrogen-bond donors (Lipinski definition) is 0. The number of rotatable bonds is 7. The molecule has 1 unspecified atom stereocenters. The van der Waals surface area contributed by atoms with E-state index in [9.17, 15) is 4.79 Å². The van der Waals surface area contributed by atoms with Crippen molar-refractivity contribution in [2.75, 3.05) is 0 Å². The molecule has 2 heterocycles. The lowest BCUT2D eigenvalue weighted by Crippen LogP contribution is -2.41. The van der Waals surface area contributed by atoms with Crippen molar-refractivity contribution in [3.63, 3.8) is 0 Å².